The molecule has 56 heavy (non-hydrogen) atoms. The highest BCUT2D eigenvalue weighted by Crippen LogP contribution is 2.43. The number of aliphatic hydroxyl groups is 2. The van der Waals surface area contributed by atoms with E-state index >= 15 is 0 Å². The Morgan fingerprint density at radius 3 is 1.82 bits per heavy atom. The molecule has 3 N–H and O–H groups in total. The van der Waals surface area contributed by atoms with Crippen LogP contribution in [0.5, 0.6) is 0 Å². The number of hydrogen-bond acceptors (Lipinski definition) is 10. The normalized spacial score (nSPS) is 18.2. The smallest absolute Gasteiger partial charge is 0.462 e. The van der Waals surface area contributed by atoms with E-state index in [1.165, 1.54) is 19.3 Å². The Labute approximate surface area is 337 Å². The number of phosphoric acid groups is 1. The molecule has 1 aliphatic rings. The summed E-state index contributed by atoms with van der Waals surface area (Å²) < 4.78 is 38.4. The molecule has 1 rings (SSSR count). The Morgan fingerprint density at radius 1 is 0.643 bits per heavy atom. The van der Waals surface area contributed by atoms with E-state index in [4.69, 9.17) is 23.8 Å². The Balaban J connectivity index is 2.33. The summed E-state index contributed by atoms with van der Waals surface area (Å²) in [6.45, 7) is 2.12. The minimum atomic E-state index is -4.64. The molecule has 5 atom stereocenters. The van der Waals surface area contributed by atoms with Crippen LogP contribution in [-0.4, -0.2) is 77.9 Å². The monoisotopic (exact) mass is 808 g/mol. The fraction of sp³-hybridized carbons (Fsp3) is 0.682. The van der Waals surface area contributed by atoms with Gasteiger partial charge in [0.15, 0.2) is 6.10 Å². The SMILES string of the molecule is CC/C=C\C/C=C\C/C=C\CCCCCCCC(=O)O[C@H](COC(=O)CCC/C=C\CC1OC1C/C=C\C/C=C\CCCCC)COP(=O)(O)OC[C@@H](O)CO. The van der Waals surface area contributed by atoms with Gasteiger partial charge in [-0.25, -0.2) is 4.57 Å². The van der Waals surface area contributed by atoms with Crippen LogP contribution in [0.4, 0.5) is 0 Å². The van der Waals surface area contributed by atoms with Gasteiger partial charge in [-0.1, -0.05) is 119 Å². The first kappa shape index (κ1) is 51.4. The molecular formula is C44H73O11P. The molecular weight excluding hydrogens is 735 g/mol. The lowest BCUT2D eigenvalue weighted by Crippen LogP contribution is -2.29. The zero-order valence-electron chi connectivity index (χ0n) is 34.3. The molecule has 0 aliphatic carbocycles. The van der Waals surface area contributed by atoms with Gasteiger partial charge >= 0.3 is 19.8 Å². The van der Waals surface area contributed by atoms with Gasteiger partial charge in [0.2, 0.25) is 0 Å². The number of ether oxygens (including phenoxy) is 3. The number of esters is 2. The molecule has 12 heteroatoms. The first-order chi connectivity index (χ1) is 27.2. The quantitative estimate of drug-likeness (QED) is 0.0180. The first-order valence-corrected chi connectivity index (χ1v) is 22.5. The van der Waals surface area contributed by atoms with Crippen molar-refractivity contribution in [2.75, 3.05) is 26.4 Å². The van der Waals surface area contributed by atoms with Crippen LogP contribution in [-0.2, 0) is 37.4 Å². The van der Waals surface area contributed by atoms with Gasteiger partial charge in [-0.3, -0.25) is 18.6 Å². The molecule has 0 aromatic heterocycles. The van der Waals surface area contributed by atoms with E-state index in [1.807, 2.05) is 6.08 Å². The van der Waals surface area contributed by atoms with Gasteiger partial charge in [-0.05, 0) is 83.5 Å². The fourth-order valence-corrected chi connectivity index (χ4v) is 6.18. The molecule has 0 aromatic carbocycles. The fourth-order valence-electron chi connectivity index (χ4n) is 5.39. The first-order valence-electron chi connectivity index (χ1n) is 21.0. The number of carbonyl (C=O) groups excluding carboxylic acids is 2. The number of hydrogen-bond donors (Lipinski definition) is 3. The average molecular weight is 809 g/mol. The van der Waals surface area contributed by atoms with Crippen molar-refractivity contribution in [3.63, 3.8) is 0 Å². The summed E-state index contributed by atoms with van der Waals surface area (Å²) in [5.41, 5.74) is 0. The van der Waals surface area contributed by atoms with E-state index in [9.17, 15) is 24.2 Å². The van der Waals surface area contributed by atoms with Crippen LogP contribution >= 0.6 is 7.82 Å². The van der Waals surface area contributed by atoms with E-state index in [2.05, 4.69) is 85.2 Å². The second-order valence-corrected chi connectivity index (χ2v) is 15.5. The maximum Gasteiger partial charge on any atom is 0.472 e. The zero-order valence-corrected chi connectivity index (χ0v) is 35.2. The Bertz CT molecular complexity index is 1230. The number of rotatable bonds is 37. The molecule has 320 valence electrons. The number of unbranched alkanes of at least 4 members (excludes halogenated alkanes) is 9. The predicted octanol–water partition coefficient (Wildman–Crippen LogP) is 9.87. The molecule has 0 aromatic rings. The summed E-state index contributed by atoms with van der Waals surface area (Å²) >= 11 is 0. The number of phosphoric ester groups is 1. The number of allylic oxidation sites excluding steroid dienone is 10. The number of epoxide rings is 1. The molecule has 1 heterocycles. The lowest BCUT2D eigenvalue weighted by Gasteiger charge is -2.20. The average Bonchev–Trinajstić information content (AvgIpc) is 3.94. The number of aliphatic hydroxyl groups excluding tert-OH is 2. The van der Waals surface area contributed by atoms with Crippen molar-refractivity contribution in [1.82, 2.24) is 0 Å². The van der Waals surface area contributed by atoms with Crippen LogP contribution < -0.4 is 0 Å². The summed E-state index contributed by atoms with van der Waals surface area (Å²) in [5.74, 6) is -1.03. The highest BCUT2D eigenvalue weighted by Gasteiger charge is 2.36. The summed E-state index contributed by atoms with van der Waals surface area (Å²) in [5, 5.41) is 18.3. The van der Waals surface area contributed by atoms with Crippen LogP contribution in [0, 0.1) is 0 Å². The second-order valence-electron chi connectivity index (χ2n) is 14.0. The molecule has 3 unspecified atom stereocenters. The maximum atomic E-state index is 12.6. The highest BCUT2D eigenvalue weighted by atomic mass is 31.2. The molecule has 1 saturated heterocycles. The molecule has 1 aliphatic heterocycles. The number of carbonyl (C=O) groups is 2. The molecule has 0 radical (unpaired) electrons. The standard InChI is InChI=1S/C44H73O11P/c1-3-5-7-9-11-13-14-15-16-17-18-20-22-24-30-34-44(48)54-40(38-53-56(49,50)52-36-39(46)35-45)37-51-43(47)33-29-26-25-28-32-42-41(55-42)31-27-23-21-19-12-10-8-6-4-2/h5,7,11-13,15-16,19,23,25,27-28,39-42,45-46H,3-4,6,8-10,14,17-18,20-22,24,26,29-38H2,1-2H3,(H,49,50)/b7-5-,13-11-,16-15-,19-12-,27-23-,28-25-/t39-,40+,41?,42?/m0/s1. The third-order valence-corrected chi connectivity index (χ3v) is 9.70. The third-order valence-electron chi connectivity index (χ3n) is 8.75. The van der Waals surface area contributed by atoms with Crippen LogP contribution in [0.2, 0.25) is 0 Å². The van der Waals surface area contributed by atoms with E-state index in [0.717, 1.165) is 77.0 Å². The molecule has 11 nitrogen and oxygen atoms in total. The van der Waals surface area contributed by atoms with Gasteiger partial charge in [0.1, 0.15) is 12.7 Å². The topological polar surface area (TPSA) is 161 Å². The molecule has 0 bridgehead atoms. The molecule has 1 fully saturated rings. The van der Waals surface area contributed by atoms with Gasteiger partial charge < -0.3 is 29.3 Å². The lowest BCUT2D eigenvalue weighted by atomic mass is 10.1. The molecule has 0 amide bonds. The van der Waals surface area contributed by atoms with E-state index < -0.39 is 51.8 Å². The molecule has 0 saturated carbocycles. The van der Waals surface area contributed by atoms with Crippen molar-refractivity contribution < 1.29 is 52.5 Å². The minimum absolute atomic E-state index is 0.145. The van der Waals surface area contributed by atoms with E-state index in [1.54, 1.807) is 0 Å². The third kappa shape index (κ3) is 32.5. The van der Waals surface area contributed by atoms with Gasteiger partial charge in [-0.15, -0.1) is 0 Å². The van der Waals surface area contributed by atoms with Crippen molar-refractivity contribution in [1.29, 1.82) is 0 Å². The van der Waals surface area contributed by atoms with Crippen LogP contribution in [0.3, 0.4) is 0 Å². The largest absolute Gasteiger partial charge is 0.472 e. The Kier molecular flexibility index (Phi) is 32.6. The van der Waals surface area contributed by atoms with Gasteiger partial charge in [0, 0.05) is 12.8 Å². The second kappa shape index (κ2) is 35.5. The Hall–Kier alpha value is -2.63. The van der Waals surface area contributed by atoms with Gasteiger partial charge in [-0.2, -0.15) is 0 Å². The molecule has 0 spiro atoms. The predicted molar refractivity (Wildman–Crippen MR) is 223 cm³/mol. The van der Waals surface area contributed by atoms with Crippen molar-refractivity contribution in [3.05, 3.63) is 72.9 Å². The van der Waals surface area contributed by atoms with Crippen molar-refractivity contribution in [2.45, 2.75) is 167 Å². The highest BCUT2D eigenvalue weighted by molar-refractivity contribution is 7.47. The summed E-state index contributed by atoms with van der Waals surface area (Å²) in [6.07, 6.45) is 41.8. The van der Waals surface area contributed by atoms with E-state index in [0.29, 0.717) is 19.3 Å². The lowest BCUT2D eigenvalue weighted by molar-refractivity contribution is -0.161. The van der Waals surface area contributed by atoms with Gasteiger partial charge in [0.05, 0.1) is 32.0 Å². The van der Waals surface area contributed by atoms with Crippen LogP contribution in [0.15, 0.2) is 72.9 Å². The van der Waals surface area contributed by atoms with Crippen molar-refractivity contribution >= 4 is 19.8 Å². The minimum Gasteiger partial charge on any atom is -0.462 e. The summed E-state index contributed by atoms with van der Waals surface area (Å²) in [4.78, 5) is 35.0. The Morgan fingerprint density at radius 2 is 1.16 bits per heavy atom. The van der Waals surface area contributed by atoms with Crippen LogP contribution in [0.1, 0.15) is 142 Å². The summed E-state index contributed by atoms with van der Waals surface area (Å²) in [7, 11) is -4.64. The van der Waals surface area contributed by atoms with Crippen LogP contribution in [0.25, 0.3) is 0 Å². The van der Waals surface area contributed by atoms with Gasteiger partial charge in [0.25, 0.3) is 0 Å². The zero-order chi connectivity index (χ0) is 41.0. The maximum absolute atomic E-state index is 12.6. The van der Waals surface area contributed by atoms with E-state index in [-0.39, 0.29) is 31.7 Å². The van der Waals surface area contributed by atoms with Crippen molar-refractivity contribution in [3.8, 4) is 0 Å². The summed E-state index contributed by atoms with van der Waals surface area (Å²) in [6, 6.07) is 0. The van der Waals surface area contributed by atoms with Crippen molar-refractivity contribution in [2.24, 2.45) is 0 Å².